The Hall–Kier alpha value is -3.44. The fourth-order valence-electron chi connectivity index (χ4n) is 2.46. The van der Waals surface area contributed by atoms with E-state index in [1.54, 1.807) is 19.1 Å². The number of hydrogen-bond acceptors (Lipinski definition) is 8. The number of ether oxygens (including phenoxy) is 2. The van der Waals surface area contributed by atoms with Gasteiger partial charge >= 0.3 is 5.97 Å². The fourth-order valence-corrected chi connectivity index (χ4v) is 4.19. The van der Waals surface area contributed by atoms with E-state index in [9.17, 15) is 18.0 Å². The second-order valence-corrected chi connectivity index (χ2v) is 8.61. The Kier molecular flexibility index (Phi) is 6.88. The van der Waals surface area contributed by atoms with Gasteiger partial charge in [0.15, 0.2) is 10.8 Å². The predicted octanol–water partition coefficient (Wildman–Crippen LogP) is 3.38. The van der Waals surface area contributed by atoms with Gasteiger partial charge in [-0.1, -0.05) is 0 Å². The largest absolute Gasteiger partial charge is 0.497 e. The maximum atomic E-state index is 12.5. The van der Waals surface area contributed by atoms with Crippen LogP contribution in [0, 0.1) is 0 Å². The molecular formula is C20H19N3O6S2. The molecule has 3 rings (SSSR count). The lowest BCUT2D eigenvalue weighted by Gasteiger charge is -2.09. The van der Waals surface area contributed by atoms with Crippen LogP contribution in [0.1, 0.15) is 27.8 Å². The molecule has 2 aromatic carbocycles. The molecule has 3 aromatic rings. The number of esters is 1. The quantitative estimate of drug-likeness (QED) is 0.493. The summed E-state index contributed by atoms with van der Waals surface area (Å²) in [7, 11) is -2.30. The number of rotatable bonds is 8. The molecule has 31 heavy (non-hydrogen) atoms. The monoisotopic (exact) mass is 461 g/mol. The molecule has 0 aliphatic heterocycles. The summed E-state index contributed by atoms with van der Waals surface area (Å²) in [6, 6.07) is 11.9. The topological polar surface area (TPSA) is 124 Å². The van der Waals surface area contributed by atoms with E-state index in [2.05, 4.69) is 15.0 Å². The van der Waals surface area contributed by atoms with Crippen LogP contribution in [0.15, 0.2) is 58.8 Å². The summed E-state index contributed by atoms with van der Waals surface area (Å²) in [6.07, 6.45) is 0. The molecular weight excluding hydrogens is 442 g/mol. The van der Waals surface area contributed by atoms with Crippen molar-refractivity contribution in [1.29, 1.82) is 0 Å². The van der Waals surface area contributed by atoms with Crippen LogP contribution in [-0.2, 0) is 14.8 Å². The van der Waals surface area contributed by atoms with Crippen molar-refractivity contribution in [2.75, 3.05) is 23.8 Å². The lowest BCUT2D eigenvalue weighted by Crippen LogP contribution is -2.14. The number of amides is 1. The summed E-state index contributed by atoms with van der Waals surface area (Å²) in [4.78, 5) is 28.1. The van der Waals surface area contributed by atoms with Gasteiger partial charge in [-0.05, 0) is 55.5 Å². The van der Waals surface area contributed by atoms with E-state index < -0.39 is 21.9 Å². The first-order chi connectivity index (χ1) is 14.8. The molecule has 0 bridgehead atoms. The number of sulfonamides is 1. The molecule has 9 nitrogen and oxygen atoms in total. The van der Waals surface area contributed by atoms with E-state index in [0.29, 0.717) is 17.0 Å². The number of carbonyl (C=O) groups is 2. The summed E-state index contributed by atoms with van der Waals surface area (Å²) in [5.74, 6) is -0.467. The molecule has 0 aliphatic rings. The van der Waals surface area contributed by atoms with Gasteiger partial charge in [0.2, 0.25) is 0 Å². The number of aromatic nitrogens is 1. The zero-order chi connectivity index (χ0) is 22.4. The first-order valence-corrected chi connectivity index (χ1v) is 11.4. The molecule has 0 radical (unpaired) electrons. The second-order valence-electron chi connectivity index (χ2n) is 6.07. The van der Waals surface area contributed by atoms with Crippen LogP contribution in [0.5, 0.6) is 5.75 Å². The highest BCUT2D eigenvalue weighted by atomic mass is 32.2. The average Bonchev–Trinajstić information content (AvgIpc) is 3.23. The van der Waals surface area contributed by atoms with Gasteiger partial charge in [0.25, 0.3) is 15.9 Å². The fraction of sp³-hybridized carbons (Fsp3) is 0.150. The van der Waals surface area contributed by atoms with Crippen LogP contribution >= 0.6 is 11.3 Å². The normalized spacial score (nSPS) is 10.9. The SMILES string of the molecule is CCOC(=O)c1csc(NC(=O)c2ccc(NS(=O)(=O)c3ccc(OC)cc3)cc2)n1. The van der Waals surface area contributed by atoms with Crippen molar-refractivity contribution in [3.05, 3.63) is 65.2 Å². The maximum Gasteiger partial charge on any atom is 0.357 e. The highest BCUT2D eigenvalue weighted by Gasteiger charge is 2.16. The van der Waals surface area contributed by atoms with Crippen molar-refractivity contribution in [2.45, 2.75) is 11.8 Å². The van der Waals surface area contributed by atoms with E-state index in [1.165, 1.54) is 48.9 Å². The van der Waals surface area contributed by atoms with Crippen molar-refractivity contribution in [3.63, 3.8) is 0 Å². The van der Waals surface area contributed by atoms with Gasteiger partial charge in [0, 0.05) is 16.6 Å². The Balaban J connectivity index is 1.65. The zero-order valence-corrected chi connectivity index (χ0v) is 18.2. The summed E-state index contributed by atoms with van der Waals surface area (Å²) in [5, 5.41) is 4.33. The van der Waals surface area contributed by atoms with Gasteiger partial charge in [-0.25, -0.2) is 18.2 Å². The first-order valence-electron chi connectivity index (χ1n) is 9.03. The standard InChI is InChI=1S/C20H19N3O6S2/c1-3-29-19(25)17-12-30-20(21-17)22-18(24)13-4-6-14(7-5-13)23-31(26,27)16-10-8-15(28-2)9-11-16/h4-12,23H,3H2,1-2H3,(H,21,22,24). The van der Waals surface area contributed by atoms with Crippen molar-refractivity contribution >= 4 is 44.1 Å². The number of methoxy groups -OCH3 is 1. The Morgan fingerprint density at radius 2 is 1.74 bits per heavy atom. The van der Waals surface area contributed by atoms with Crippen molar-refractivity contribution < 1.29 is 27.5 Å². The number of hydrogen-bond donors (Lipinski definition) is 2. The Morgan fingerprint density at radius 3 is 2.35 bits per heavy atom. The predicted molar refractivity (Wildman–Crippen MR) is 116 cm³/mol. The minimum absolute atomic E-state index is 0.0799. The second kappa shape index (κ2) is 9.58. The summed E-state index contributed by atoms with van der Waals surface area (Å²) < 4.78 is 37.3. The molecule has 0 saturated carbocycles. The van der Waals surface area contributed by atoms with E-state index in [0.717, 1.165) is 11.3 Å². The molecule has 0 spiro atoms. The Bertz CT molecular complexity index is 1170. The molecule has 1 amide bonds. The van der Waals surface area contributed by atoms with Gasteiger partial charge in [0.05, 0.1) is 18.6 Å². The van der Waals surface area contributed by atoms with Crippen molar-refractivity contribution in [1.82, 2.24) is 4.98 Å². The third-order valence-electron chi connectivity index (χ3n) is 3.98. The number of benzene rings is 2. The summed E-state index contributed by atoms with van der Waals surface area (Å²) >= 11 is 1.09. The number of thiazole rings is 1. The molecule has 0 unspecified atom stereocenters. The van der Waals surface area contributed by atoms with Crippen LogP contribution in [0.3, 0.4) is 0 Å². The molecule has 2 N–H and O–H groups in total. The smallest absolute Gasteiger partial charge is 0.357 e. The molecule has 0 fully saturated rings. The van der Waals surface area contributed by atoms with Crippen LogP contribution in [0.25, 0.3) is 0 Å². The van der Waals surface area contributed by atoms with Gasteiger partial charge in [0.1, 0.15) is 5.75 Å². The van der Waals surface area contributed by atoms with Crippen molar-refractivity contribution in [3.8, 4) is 5.75 Å². The Morgan fingerprint density at radius 1 is 1.06 bits per heavy atom. The molecule has 0 atom stereocenters. The van der Waals surface area contributed by atoms with Gasteiger partial charge in [-0.15, -0.1) is 11.3 Å². The molecule has 162 valence electrons. The average molecular weight is 462 g/mol. The molecule has 1 aromatic heterocycles. The zero-order valence-electron chi connectivity index (χ0n) is 16.6. The lowest BCUT2D eigenvalue weighted by atomic mass is 10.2. The van der Waals surface area contributed by atoms with Crippen LogP contribution in [0.2, 0.25) is 0 Å². The van der Waals surface area contributed by atoms with E-state index >= 15 is 0 Å². The van der Waals surface area contributed by atoms with Crippen LogP contribution in [-0.4, -0.2) is 39.0 Å². The Labute approximate surface area is 183 Å². The molecule has 0 aliphatic carbocycles. The first kappa shape index (κ1) is 22.2. The summed E-state index contributed by atoms with van der Waals surface area (Å²) in [6.45, 7) is 1.92. The maximum absolute atomic E-state index is 12.5. The number of nitrogens with one attached hydrogen (secondary N) is 2. The lowest BCUT2D eigenvalue weighted by molar-refractivity contribution is 0.0520. The molecule has 1 heterocycles. The highest BCUT2D eigenvalue weighted by molar-refractivity contribution is 7.92. The number of anilines is 2. The summed E-state index contributed by atoms with van der Waals surface area (Å²) in [5.41, 5.74) is 0.705. The van der Waals surface area contributed by atoms with Gasteiger partial charge in [-0.3, -0.25) is 14.8 Å². The third kappa shape index (κ3) is 5.58. The highest BCUT2D eigenvalue weighted by Crippen LogP contribution is 2.21. The third-order valence-corrected chi connectivity index (χ3v) is 6.13. The minimum atomic E-state index is -3.79. The molecule has 0 saturated heterocycles. The number of nitrogens with zero attached hydrogens (tertiary/aromatic N) is 1. The van der Waals surface area contributed by atoms with E-state index in [-0.39, 0.29) is 22.3 Å². The minimum Gasteiger partial charge on any atom is -0.497 e. The van der Waals surface area contributed by atoms with E-state index in [1.807, 2.05) is 0 Å². The van der Waals surface area contributed by atoms with E-state index in [4.69, 9.17) is 9.47 Å². The van der Waals surface area contributed by atoms with Gasteiger partial charge in [-0.2, -0.15) is 0 Å². The number of carbonyl (C=O) groups excluding carboxylic acids is 2. The molecule has 11 heteroatoms. The van der Waals surface area contributed by atoms with Crippen LogP contribution in [0.4, 0.5) is 10.8 Å². The van der Waals surface area contributed by atoms with Crippen LogP contribution < -0.4 is 14.8 Å². The van der Waals surface area contributed by atoms with Crippen molar-refractivity contribution in [2.24, 2.45) is 0 Å². The van der Waals surface area contributed by atoms with Gasteiger partial charge < -0.3 is 9.47 Å².